The summed E-state index contributed by atoms with van der Waals surface area (Å²) in [6.07, 6.45) is 5.72. The number of ether oxygens (including phenoxy) is 1. The molecule has 0 saturated heterocycles. The molecule has 6 unspecified atom stereocenters. The van der Waals surface area contributed by atoms with Gasteiger partial charge in [0.2, 0.25) is 0 Å². The van der Waals surface area contributed by atoms with Crippen LogP contribution in [0.3, 0.4) is 0 Å². The molecule has 4 bridgehead atoms. The molecule has 4 aliphatic rings. The Kier molecular flexibility index (Phi) is 2.00. The van der Waals surface area contributed by atoms with Crippen molar-refractivity contribution < 1.29 is 9.53 Å². The first-order valence-corrected chi connectivity index (χ1v) is 7.32. The average Bonchev–Trinajstić information content (AvgIpc) is 2.91. The van der Waals surface area contributed by atoms with Gasteiger partial charge in [-0.15, -0.1) is 0 Å². The Labute approximate surface area is 103 Å². The molecule has 8 atom stereocenters. The smallest absolute Gasteiger partial charge is 0.302 e. The van der Waals surface area contributed by atoms with Crippen molar-refractivity contribution >= 4 is 5.97 Å². The largest absolute Gasteiger partial charge is 0.462 e. The van der Waals surface area contributed by atoms with Crippen LogP contribution in [0.2, 0.25) is 0 Å². The second kappa shape index (κ2) is 3.27. The minimum absolute atomic E-state index is 0.0735. The van der Waals surface area contributed by atoms with Gasteiger partial charge in [0, 0.05) is 6.92 Å². The molecule has 94 valence electrons. The van der Waals surface area contributed by atoms with Gasteiger partial charge in [-0.2, -0.15) is 0 Å². The van der Waals surface area contributed by atoms with Gasteiger partial charge in [-0.25, -0.2) is 0 Å². The van der Waals surface area contributed by atoms with E-state index < -0.39 is 0 Å². The van der Waals surface area contributed by atoms with E-state index in [4.69, 9.17) is 4.74 Å². The highest BCUT2D eigenvalue weighted by molar-refractivity contribution is 5.66. The Morgan fingerprint density at radius 1 is 1.00 bits per heavy atom. The van der Waals surface area contributed by atoms with Crippen molar-refractivity contribution in [3.05, 3.63) is 0 Å². The lowest BCUT2D eigenvalue weighted by molar-refractivity contribution is -0.151. The fourth-order valence-electron chi connectivity index (χ4n) is 6.22. The van der Waals surface area contributed by atoms with Gasteiger partial charge < -0.3 is 4.74 Å². The average molecular weight is 234 g/mol. The summed E-state index contributed by atoms with van der Waals surface area (Å²) in [5.74, 6) is 6.39. The maximum absolute atomic E-state index is 11.2. The van der Waals surface area contributed by atoms with Crippen LogP contribution in [0.4, 0.5) is 0 Å². The molecular weight excluding hydrogens is 212 g/mol. The Bertz CT molecular complexity index is 364. The van der Waals surface area contributed by atoms with Gasteiger partial charge in [-0.1, -0.05) is 6.92 Å². The van der Waals surface area contributed by atoms with Gasteiger partial charge in [-0.05, 0) is 67.1 Å². The monoisotopic (exact) mass is 234 g/mol. The molecule has 4 saturated carbocycles. The SMILES string of the molecule is CC(=O)OC1CC2CC1C1C3C[C@@H](C)[C@@H](C3)C21. The van der Waals surface area contributed by atoms with Gasteiger partial charge >= 0.3 is 5.97 Å². The second-order valence-corrected chi connectivity index (χ2v) is 7.07. The summed E-state index contributed by atoms with van der Waals surface area (Å²) in [6.45, 7) is 4.02. The number of hydrogen-bond donors (Lipinski definition) is 0. The van der Waals surface area contributed by atoms with Gasteiger partial charge in [0.25, 0.3) is 0 Å². The number of hydrogen-bond acceptors (Lipinski definition) is 2. The van der Waals surface area contributed by atoms with Crippen molar-refractivity contribution in [2.75, 3.05) is 0 Å². The summed E-state index contributed by atoms with van der Waals surface area (Å²) in [6, 6.07) is 0. The fourth-order valence-corrected chi connectivity index (χ4v) is 6.22. The van der Waals surface area contributed by atoms with Gasteiger partial charge in [0.1, 0.15) is 6.10 Å². The molecule has 2 nitrogen and oxygen atoms in total. The molecule has 0 radical (unpaired) electrons. The van der Waals surface area contributed by atoms with Crippen LogP contribution in [0.25, 0.3) is 0 Å². The third kappa shape index (κ3) is 1.25. The van der Waals surface area contributed by atoms with Crippen molar-refractivity contribution in [1.82, 2.24) is 0 Å². The van der Waals surface area contributed by atoms with Gasteiger partial charge in [0.15, 0.2) is 0 Å². The first-order valence-electron chi connectivity index (χ1n) is 7.32. The molecule has 4 fully saturated rings. The topological polar surface area (TPSA) is 26.3 Å². The van der Waals surface area contributed by atoms with E-state index in [0.717, 1.165) is 41.4 Å². The van der Waals surface area contributed by atoms with E-state index in [0.29, 0.717) is 0 Å². The number of rotatable bonds is 1. The lowest BCUT2D eigenvalue weighted by Crippen LogP contribution is -2.38. The highest BCUT2D eigenvalue weighted by Crippen LogP contribution is 2.69. The van der Waals surface area contributed by atoms with Crippen molar-refractivity contribution in [1.29, 1.82) is 0 Å². The van der Waals surface area contributed by atoms with E-state index in [1.807, 2.05) is 0 Å². The first kappa shape index (κ1) is 10.4. The predicted molar refractivity (Wildman–Crippen MR) is 64.1 cm³/mol. The van der Waals surface area contributed by atoms with Gasteiger partial charge in [-0.3, -0.25) is 4.79 Å². The maximum Gasteiger partial charge on any atom is 0.302 e. The molecule has 0 N–H and O–H groups in total. The van der Waals surface area contributed by atoms with E-state index in [-0.39, 0.29) is 12.1 Å². The summed E-state index contributed by atoms with van der Waals surface area (Å²) >= 11 is 0. The zero-order valence-electron chi connectivity index (χ0n) is 10.8. The van der Waals surface area contributed by atoms with E-state index >= 15 is 0 Å². The van der Waals surface area contributed by atoms with Crippen LogP contribution in [0.5, 0.6) is 0 Å². The van der Waals surface area contributed by atoms with E-state index in [1.165, 1.54) is 25.7 Å². The summed E-state index contributed by atoms with van der Waals surface area (Å²) in [5, 5.41) is 0. The molecular formula is C15H22O2. The quantitative estimate of drug-likeness (QED) is 0.515. The summed E-state index contributed by atoms with van der Waals surface area (Å²) in [5.41, 5.74) is 0. The lowest BCUT2D eigenvalue weighted by Gasteiger charge is -2.40. The fraction of sp³-hybridized carbons (Fsp3) is 0.933. The van der Waals surface area contributed by atoms with Crippen LogP contribution in [-0.2, 0) is 9.53 Å². The number of carbonyl (C=O) groups is 1. The van der Waals surface area contributed by atoms with Crippen LogP contribution in [-0.4, -0.2) is 12.1 Å². The Morgan fingerprint density at radius 3 is 2.41 bits per heavy atom. The third-order valence-corrected chi connectivity index (χ3v) is 6.41. The molecule has 0 aliphatic heterocycles. The zero-order valence-corrected chi connectivity index (χ0v) is 10.8. The predicted octanol–water partition coefficient (Wildman–Crippen LogP) is 2.87. The normalized spacial score (nSPS) is 58.5. The summed E-state index contributed by atoms with van der Waals surface area (Å²) < 4.78 is 5.55. The zero-order chi connectivity index (χ0) is 11.7. The molecule has 0 aromatic heterocycles. The molecule has 17 heavy (non-hydrogen) atoms. The molecule has 0 spiro atoms. The molecule has 2 heteroatoms. The molecule has 0 aromatic rings. The minimum Gasteiger partial charge on any atom is -0.462 e. The van der Waals surface area contributed by atoms with E-state index in [2.05, 4.69) is 6.92 Å². The van der Waals surface area contributed by atoms with E-state index in [1.54, 1.807) is 6.92 Å². The van der Waals surface area contributed by atoms with Crippen LogP contribution in [0.15, 0.2) is 0 Å². The molecule has 4 rings (SSSR count). The maximum atomic E-state index is 11.2. The van der Waals surface area contributed by atoms with Crippen molar-refractivity contribution in [2.45, 2.75) is 45.6 Å². The molecule has 0 heterocycles. The lowest BCUT2D eigenvalue weighted by atomic mass is 9.67. The number of esters is 1. The van der Waals surface area contributed by atoms with Crippen LogP contribution >= 0.6 is 0 Å². The number of fused-ring (bicyclic) bond motifs is 9. The van der Waals surface area contributed by atoms with Crippen LogP contribution in [0.1, 0.15) is 39.5 Å². The molecule has 0 aromatic carbocycles. The summed E-state index contributed by atoms with van der Waals surface area (Å²) in [7, 11) is 0. The van der Waals surface area contributed by atoms with Crippen molar-refractivity contribution in [2.24, 2.45) is 41.4 Å². The number of carbonyl (C=O) groups excluding carboxylic acids is 1. The van der Waals surface area contributed by atoms with Crippen molar-refractivity contribution in [3.63, 3.8) is 0 Å². The highest BCUT2D eigenvalue weighted by Gasteiger charge is 2.64. The Balaban J connectivity index is 1.58. The third-order valence-electron chi connectivity index (χ3n) is 6.41. The highest BCUT2D eigenvalue weighted by atomic mass is 16.5. The standard InChI is InChI=1S/C15H22O2/c1-7-3-9-4-11(7)14-10-5-12(15(9)14)13(6-10)17-8(2)16/h7,9-15H,3-6H2,1-2H3/t7-,9?,10?,11-,12?,13?,14?,15?/m1/s1. The van der Waals surface area contributed by atoms with Crippen LogP contribution in [0, 0.1) is 41.4 Å². The molecule has 0 amide bonds. The van der Waals surface area contributed by atoms with E-state index in [9.17, 15) is 4.79 Å². The van der Waals surface area contributed by atoms with Crippen LogP contribution < -0.4 is 0 Å². The van der Waals surface area contributed by atoms with Gasteiger partial charge in [0.05, 0.1) is 0 Å². The second-order valence-electron chi connectivity index (χ2n) is 7.07. The Hall–Kier alpha value is -0.530. The first-order chi connectivity index (χ1) is 8.15. The van der Waals surface area contributed by atoms with Crippen molar-refractivity contribution in [3.8, 4) is 0 Å². The molecule has 4 aliphatic carbocycles. The minimum atomic E-state index is -0.0735. The summed E-state index contributed by atoms with van der Waals surface area (Å²) in [4.78, 5) is 11.2. The Morgan fingerprint density at radius 2 is 1.65 bits per heavy atom.